The lowest BCUT2D eigenvalue weighted by molar-refractivity contribution is 0.0136. The molecule has 0 spiro atoms. The average molecular weight is 424 g/mol. The van der Waals surface area contributed by atoms with Crippen LogP contribution in [-0.4, -0.2) is 56.5 Å². The van der Waals surface area contributed by atoms with E-state index in [0.717, 1.165) is 24.5 Å². The van der Waals surface area contributed by atoms with Gasteiger partial charge in [-0.1, -0.05) is 23.7 Å². The Morgan fingerprint density at radius 3 is 2.61 bits per heavy atom. The maximum atomic E-state index is 11.5. The summed E-state index contributed by atoms with van der Waals surface area (Å²) in [6.45, 7) is 4.39. The highest BCUT2D eigenvalue weighted by Crippen LogP contribution is 2.29. The fourth-order valence-corrected chi connectivity index (χ4v) is 4.36. The SMILES string of the molecule is C[C@]1(O)CN(CCc2cccc(Cl)c2)CC1COc1ccc(S(C)(=O)=O)cc1. The maximum absolute atomic E-state index is 11.5. The minimum atomic E-state index is -3.22. The van der Waals surface area contributed by atoms with Crippen molar-refractivity contribution in [2.75, 3.05) is 32.5 Å². The minimum Gasteiger partial charge on any atom is -0.493 e. The molecule has 0 radical (unpaired) electrons. The lowest BCUT2D eigenvalue weighted by Gasteiger charge is -2.24. The Morgan fingerprint density at radius 2 is 1.96 bits per heavy atom. The van der Waals surface area contributed by atoms with Crippen LogP contribution in [0.1, 0.15) is 12.5 Å². The highest BCUT2D eigenvalue weighted by molar-refractivity contribution is 7.90. The van der Waals surface area contributed by atoms with Crippen LogP contribution in [0, 0.1) is 5.92 Å². The van der Waals surface area contributed by atoms with Gasteiger partial charge in [0.1, 0.15) is 5.75 Å². The monoisotopic (exact) mass is 423 g/mol. The van der Waals surface area contributed by atoms with Gasteiger partial charge in [0.05, 0.1) is 17.1 Å². The second-order valence-corrected chi connectivity index (χ2v) is 10.2. The van der Waals surface area contributed by atoms with Crippen LogP contribution in [0.25, 0.3) is 0 Å². The second kappa shape index (κ2) is 8.41. The average Bonchev–Trinajstić information content (AvgIpc) is 2.91. The molecular formula is C21H26ClNO4S. The molecule has 1 fully saturated rings. The Kier molecular flexibility index (Phi) is 6.34. The quantitative estimate of drug-likeness (QED) is 0.741. The number of hydrogen-bond donors (Lipinski definition) is 1. The summed E-state index contributed by atoms with van der Waals surface area (Å²) in [5.74, 6) is 0.571. The molecule has 7 heteroatoms. The Bertz CT molecular complexity index is 912. The molecule has 1 aliphatic heterocycles. The number of β-amino-alcohol motifs (C(OH)–C–C–N with tert-alkyl or cyclic N) is 1. The van der Waals surface area contributed by atoms with Crippen LogP contribution in [0.3, 0.4) is 0 Å². The molecule has 0 amide bonds. The van der Waals surface area contributed by atoms with Gasteiger partial charge in [-0.2, -0.15) is 0 Å². The van der Waals surface area contributed by atoms with Gasteiger partial charge in [0.2, 0.25) is 0 Å². The number of rotatable bonds is 7. The van der Waals surface area contributed by atoms with E-state index in [1.54, 1.807) is 12.1 Å². The number of halogens is 1. The molecular weight excluding hydrogens is 398 g/mol. The molecule has 1 N–H and O–H groups in total. The van der Waals surface area contributed by atoms with Crippen LogP contribution in [0.2, 0.25) is 5.02 Å². The third kappa shape index (κ3) is 5.47. The normalized spacial score (nSPS) is 23.1. The first kappa shape index (κ1) is 21.1. The summed E-state index contributed by atoms with van der Waals surface area (Å²) in [6.07, 6.45) is 2.05. The van der Waals surface area contributed by atoms with Gasteiger partial charge in [-0.3, -0.25) is 4.90 Å². The van der Waals surface area contributed by atoms with Crippen molar-refractivity contribution in [3.8, 4) is 5.75 Å². The molecule has 152 valence electrons. The predicted octanol–water partition coefficient (Wildman–Crippen LogP) is 3.05. The summed E-state index contributed by atoms with van der Waals surface area (Å²) in [5.41, 5.74) is 0.346. The first-order chi connectivity index (χ1) is 13.1. The van der Waals surface area contributed by atoms with Crippen LogP contribution in [0.4, 0.5) is 0 Å². The van der Waals surface area contributed by atoms with Crippen molar-refractivity contribution in [2.24, 2.45) is 5.92 Å². The van der Waals surface area contributed by atoms with E-state index in [1.807, 2.05) is 25.1 Å². The molecule has 1 saturated heterocycles. The molecule has 1 unspecified atom stereocenters. The van der Waals surface area contributed by atoms with Crippen LogP contribution >= 0.6 is 11.6 Å². The zero-order chi connectivity index (χ0) is 20.4. The largest absolute Gasteiger partial charge is 0.493 e. The van der Waals surface area contributed by atoms with E-state index in [0.29, 0.717) is 18.9 Å². The fourth-order valence-electron chi connectivity index (χ4n) is 3.52. The standard InChI is InChI=1S/C21H26ClNO4S/c1-21(24)15-23(11-10-16-4-3-5-18(22)12-16)13-17(21)14-27-19-6-8-20(9-7-19)28(2,25)26/h3-9,12,17,24H,10-11,13-15H2,1-2H3/t17?,21-/m0/s1. The summed E-state index contributed by atoms with van der Waals surface area (Å²) < 4.78 is 28.9. The van der Waals surface area contributed by atoms with E-state index in [-0.39, 0.29) is 10.8 Å². The smallest absolute Gasteiger partial charge is 0.175 e. The van der Waals surface area contributed by atoms with Crippen molar-refractivity contribution >= 4 is 21.4 Å². The topological polar surface area (TPSA) is 66.8 Å². The summed E-state index contributed by atoms with van der Waals surface area (Å²) in [6, 6.07) is 14.2. The van der Waals surface area contributed by atoms with Crippen LogP contribution in [0.15, 0.2) is 53.4 Å². The van der Waals surface area contributed by atoms with Gasteiger partial charge in [-0.15, -0.1) is 0 Å². The van der Waals surface area contributed by atoms with Crippen LogP contribution in [-0.2, 0) is 16.3 Å². The Morgan fingerprint density at radius 1 is 1.25 bits per heavy atom. The number of benzene rings is 2. The first-order valence-corrected chi connectivity index (χ1v) is 11.5. The molecule has 0 bridgehead atoms. The molecule has 1 heterocycles. The zero-order valence-electron chi connectivity index (χ0n) is 16.1. The van der Waals surface area contributed by atoms with Gasteiger partial charge in [0.15, 0.2) is 9.84 Å². The van der Waals surface area contributed by atoms with Crippen molar-refractivity contribution in [2.45, 2.75) is 23.8 Å². The van der Waals surface area contributed by atoms with Gasteiger partial charge in [-0.25, -0.2) is 8.42 Å². The van der Waals surface area contributed by atoms with Crippen molar-refractivity contribution in [3.63, 3.8) is 0 Å². The molecule has 0 aromatic heterocycles. The molecule has 1 aliphatic rings. The molecule has 0 aliphatic carbocycles. The number of aliphatic hydroxyl groups is 1. The maximum Gasteiger partial charge on any atom is 0.175 e. The van der Waals surface area contributed by atoms with Crippen molar-refractivity contribution in [3.05, 3.63) is 59.1 Å². The highest BCUT2D eigenvalue weighted by atomic mass is 35.5. The van der Waals surface area contributed by atoms with Gasteiger partial charge >= 0.3 is 0 Å². The van der Waals surface area contributed by atoms with Crippen molar-refractivity contribution in [1.82, 2.24) is 4.90 Å². The fraction of sp³-hybridized carbons (Fsp3) is 0.429. The molecule has 5 nitrogen and oxygen atoms in total. The molecule has 0 saturated carbocycles. The van der Waals surface area contributed by atoms with E-state index < -0.39 is 15.4 Å². The van der Waals surface area contributed by atoms with E-state index >= 15 is 0 Å². The third-order valence-corrected chi connectivity index (χ3v) is 6.57. The van der Waals surface area contributed by atoms with Gasteiger partial charge < -0.3 is 9.84 Å². The van der Waals surface area contributed by atoms with Crippen LogP contribution in [0.5, 0.6) is 5.75 Å². The molecule has 2 aromatic carbocycles. The number of ether oxygens (including phenoxy) is 1. The van der Waals surface area contributed by atoms with E-state index in [1.165, 1.54) is 24.0 Å². The van der Waals surface area contributed by atoms with Gasteiger partial charge in [0, 0.05) is 36.8 Å². The molecule has 2 aromatic rings. The third-order valence-electron chi connectivity index (χ3n) is 5.21. The van der Waals surface area contributed by atoms with Gasteiger partial charge in [0.25, 0.3) is 0 Å². The number of likely N-dealkylation sites (tertiary alicyclic amines) is 1. The van der Waals surface area contributed by atoms with Crippen LogP contribution < -0.4 is 4.74 Å². The highest BCUT2D eigenvalue weighted by Gasteiger charge is 2.41. The van der Waals surface area contributed by atoms with E-state index in [9.17, 15) is 13.5 Å². The summed E-state index contributed by atoms with van der Waals surface area (Å²) >= 11 is 6.04. The molecule has 28 heavy (non-hydrogen) atoms. The summed E-state index contributed by atoms with van der Waals surface area (Å²) in [7, 11) is -3.22. The first-order valence-electron chi connectivity index (χ1n) is 9.25. The summed E-state index contributed by atoms with van der Waals surface area (Å²) in [5, 5.41) is 11.5. The molecule has 2 atom stereocenters. The van der Waals surface area contributed by atoms with Crippen molar-refractivity contribution in [1.29, 1.82) is 0 Å². The van der Waals surface area contributed by atoms with Crippen molar-refractivity contribution < 1.29 is 18.3 Å². The molecule has 3 rings (SSSR count). The Labute approximate surface area is 171 Å². The lowest BCUT2D eigenvalue weighted by Crippen LogP contribution is -2.37. The zero-order valence-corrected chi connectivity index (χ0v) is 17.7. The Balaban J connectivity index is 1.54. The van der Waals surface area contributed by atoms with E-state index in [4.69, 9.17) is 16.3 Å². The predicted molar refractivity (Wildman–Crippen MR) is 111 cm³/mol. The second-order valence-electron chi connectivity index (χ2n) is 7.72. The number of sulfone groups is 1. The Hall–Kier alpha value is -1.60. The number of nitrogens with zero attached hydrogens (tertiary/aromatic N) is 1. The lowest BCUT2D eigenvalue weighted by atomic mass is 9.94. The minimum absolute atomic E-state index is 0.0264. The van der Waals surface area contributed by atoms with E-state index in [2.05, 4.69) is 11.0 Å². The summed E-state index contributed by atoms with van der Waals surface area (Å²) in [4.78, 5) is 2.50. The van der Waals surface area contributed by atoms with Gasteiger partial charge in [-0.05, 0) is 55.3 Å². The number of hydrogen-bond acceptors (Lipinski definition) is 5.